The molecular formula is C31H29N4O3S-. The standard InChI is InChI=1S/C31H30N4O3S/c1-20-27-18-29(24-16-17-24)34(30(27)33-21(2)32-20)19-22-12-14-23(15-13-22)26-10-6-7-11-28(26)35(39(37)38)31(36)25-8-4-3-5-9-25/h3-15,18,20,24H,16-17,19H2,1-2H3,(H,32,33)(H,37,38)/p-1. The maximum atomic E-state index is 13.2. The molecule has 1 amide bonds. The van der Waals surface area contributed by atoms with Gasteiger partial charge in [0.2, 0.25) is 0 Å². The Bertz CT molecular complexity index is 1590. The molecule has 198 valence electrons. The van der Waals surface area contributed by atoms with E-state index < -0.39 is 17.2 Å². The van der Waals surface area contributed by atoms with Crippen LogP contribution in [0.25, 0.3) is 11.1 Å². The van der Waals surface area contributed by atoms with Crippen molar-refractivity contribution in [1.29, 1.82) is 0 Å². The number of nitrogens with zero attached hydrogens (tertiary/aromatic N) is 3. The van der Waals surface area contributed by atoms with Gasteiger partial charge in [-0.15, -0.1) is 0 Å². The molecule has 7 nitrogen and oxygen atoms in total. The lowest BCUT2D eigenvalue weighted by molar-refractivity contribution is 0.100. The van der Waals surface area contributed by atoms with Crippen LogP contribution in [0, 0.1) is 0 Å². The fourth-order valence-electron chi connectivity index (χ4n) is 5.32. The molecule has 8 heteroatoms. The third-order valence-corrected chi connectivity index (χ3v) is 8.03. The SMILES string of the molecule is CC1=NC(C)c2cc(C3CC3)n(Cc3ccc(-c4ccccc4N(C(=O)c4ccccc4)S(=O)[O-])cc3)c2N1. The summed E-state index contributed by atoms with van der Waals surface area (Å²) in [6, 6.07) is 26.1. The van der Waals surface area contributed by atoms with Gasteiger partial charge in [-0.3, -0.25) is 14.0 Å². The molecule has 0 spiro atoms. The number of aliphatic imine (C=N–C) groups is 1. The highest BCUT2D eigenvalue weighted by molar-refractivity contribution is 7.81. The Kier molecular flexibility index (Phi) is 6.66. The number of hydrogen-bond donors (Lipinski definition) is 1. The number of hydrogen-bond acceptors (Lipinski definition) is 5. The van der Waals surface area contributed by atoms with Crippen molar-refractivity contribution in [1.82, 2.24) is 4.57 Å². The second-order valence-electron chi connectivity index (χ2n) is 10.1. The highest BCUT2D eigenvalue weighted by Crippen LogP contribution is 2.45. The topological polar surface area (TPSA) is 89.8 Å². The summed E-state index contributed by atoms with van der Waals surface area (Å²) < 4.78 is 27.8. The van der Waals surface area contributed by atoms with E-state index in [1.807, 2.05) is 31.2 Å². The molecule has 6 rings (SSSR count). The number of carbonyl (C=O) groups is 1. The lowest BCUT2D eigenvalue weighted by Gasteiger charge is -2.26. The largest absolute Gasteiger partial charge is 0.755 e. The predicted molar refractivity (Wildman–Crippen MR) is 155 cm³/mol. The average Bonchev–Trinajstić information content (AvgIpc) is 3.72. The third kappa shape index (κ3) is 4.93. The molecule has 2 atom stereocenters. The monoisotopic (exact) mass is 537 g/mol. The van der Waals surface area contributed by atoms with E-state index in [1.54, 1.807) is 42.5 Å². The average molecular weight is 538 g/mol. The molecule has 2 aliphatic rings. The summed E-state index contributed by atoms with van der Waals surface area (Å²) in [5, 5.41) is 3.49. The molecule has 1 fully saturated rings. The van der Waals surface area contributed by atoms with E-state index in [-0.39, 0.29) is 6.04 Å². The minimum Gasteiger partial charge on any atom is -0.755 e. The second kappa shape index (κ2) is 10.3. The van der Waals surface area contributed by atoms with Crippen molar-refractivity contribution >= 4 is 34.5 Å². The van der Waals surface area contributed by atoms with Crippen molar-refractivity contribution in [2.45, 2.75) is 45.2 Å². The molecule has 3 aromatic carbocycles. The van der Waals surface area contributed by atoms with E-state index in [4.69, 9.17) is 4.99 Å². The molecule has 0 radical (unpaired) electrons. The van der Waals surface area contributed by atoms with Gasteiger partial charge in [0.05, 0.1) is 28.8 Å². The Morgan fingerprint density at radius 1 is 1.05 bits per heavy atom. The first kappa shape index (κ1) is 25.3. The van der Waals surface area contributed by atoms with Crippen LogP contribution in [0.2, 0.25) is 0 Å². The van der Waals surface area contributed by atoms with Crippen LogP contribution in [0.15, 0.2) is 89.9 Å². The van der Waals surface area contributed by atoms with Gasteiger partial charge in [0.15, 0.2) is 0 Å². The van der Waals surface area contributed by atoms with Crippen LogP contribution >= 0.6 is 0 Å². The van der Waals surface area contributed by atoms with Crippen LogP contribution in [-0.4, -0.2) is 25.1 Å². The number of amides is 1. The fourth-order valence-corrected chi connectivity index (χ4v) is 5.88. The molecule has 39 heavy (non-hydrogen) atoms. The zero-order chi connectivity index (χ0) is 27.1. The molecule has 0 bridgehead atoms. The summed E-state index contributed by atoms with van der Waals surface area (Å²) in [5.74, 6) is 2.05. The number of benzene rings is 3. The van der Waals surface area contributed by atoms with Gasteiger partial charge in [0.1, 0.15) is 5.82 Å². The Hall–Kier alpha value is -4.01. The number of fused-ring (bicyclic) bond motifs is 1. The highest BCUT2D eigenvalue weighted by atomic mass is 32.2. The molecule has 1 aliphatic heterocycles. The maximum absolute atomic E-state index is 13.2. The third-order valence-electron chi connectivity index (χ3n) is 7.37. The number of nitrogens with one attached hydrogen (secondary N) is 1. The van der Waals surface area contributed by atoms with E-state index in [1.165, 1.54) is 24.1 Å². The lowest BCUT2D eigenvalue weighted by Crippen LogP contribution is -2.33. The Morgan fingerprint density at radius 2 is 1.74 bits per heavy atom. The second-order valence-corrected chi connectivity index (χ2v) is 10.9. The maximum Gasteiger partial charge on any atom is 0.269 e. The van der Waals surface area contributed by atoms with Gasteiger partial charge in [0.25, 0.3) is 5.91 Å². The minimum absolute atomic E-state index is 0.131. The van der Waals surface area contributed by atoms with Gasteiger partial charge in [-0.25, -0.2) is 4.31 Å². The van der Waals surface area contributed by atoms with E-state index in [9.17, 15) is 13.6 Å². The summed E-state index contributed by atoms with van der Waals surface area (Å²) in [7, 11) is 0. The zero-order valence-electron chi connectivity index (χ0n) is 21.8. The van der Waals surface area contributed by atoms with Gasteiger partial charge in [-0.1, -0.05) is 60.7 Å². The smallest absolute Gasteiger partial charge is 0.269 e. The van der Waals surface area contributed by atoms with Crippen LogP contribution in [0.1, 0.15) is 65.8 Å². The van der Waals surface area contributed by atoms with Gasteiger partial charge < -0.3 is 14.4 Å². The number of aromatic nitrogens is 1. The van der Waals surface area contributed by atoms with E-state index >= 15 is 0 Å². The van der Waals surface area contributed by atoms with Crippen LogP contribution in [-0.2, 0) is 17.8 Å². The lowest BCUT2D eigenvalue weighted by atomic mass is 10.0. The first-order valence-electron chi connectivity index (χ1n) is 13.1. The fraction of sp³-hybridized carbons (Fsp3) is 0.226. The van der Waals surface area contributed by atoms with Crippen molar-refractivity contribution in [3.63, 3.8) is 0 Å². The summed E-state index contributed by atoms with van der Waals surface area (Å²) in [5.41, 5.74) is 5.84. The van der Waals surface area contributed by atoms with Crippen molar-refractivity contribution in [2.75, 3.05) is 9.62 Å². The Balaban J connectivity index is 1.32. The van der Waals surface area contributed by atoms with Gasteiger partial charge >= 0.3 is 0 Å². The van der Waals surface area contributed by atoms with E-state index in [2.05, 4.69) is 35.0 Å². The van der Waals surface area contributed by atoms with Crippen molar-refractivity contribution in [2.24, 2.45) is 4.99 Å². The number of carbonyl (C=O) groups excluding carboxylic acids is 1. The summed E-state index contributed by atoms with van der Waals surface area (Å²) in [6.07, 6.45) is 2.43. The molecule has 2 heterocycles. The normalized spacial score (nSPS) is 17.1. The van der Waals surface area contributed by atoms with Crippen LogP contribution in [0.5, 0.6) is 0 Å². The van der Waals surface area contributed by atoms with Crippen molar-refractivity contribution < 1.29 is 13.6 Å². The Labute approximate surface area is 230 Å². The minimum atomic E-state index is -2.79. The van der Waals surface area contributed by atoms with Gasteiger partial charge in [-0.05, 0) is 68.0 Å². The first-order chi connectivity index (χ1) is 18.9. The molecule has 4 aromatic rings. The van der Waals surface area contributed by atoms with E-state index in [0.717, 1.165) is 33.6 Å². The summed E-state index contributed by atoms with van der Waals surface area (Å²) in [6.45, 7) is 4.86. The van der Waals surface area contributed by atoms with E-state index in [0.29, 0.717) is 22.7 Å². The molecule has 1 aromatic heterocycles. The number of rotatable bonds is 7. The van der Waals surface area contributed by atoms with Gasteiger partial charge in [-0.2, -0.15) is 0 Å². The molecular weight excluding hydrogens is 508 g/mol. The van der Waals surface area contributed by atoms with Crippen LogP contribution in [0.3, 0.4) is 0 Å². The molecule has 1 saturated carbocycles. The molecule has 1 N–H and O–H groups in total. The Morgan fingerprint density at radius 3 is 2.44 bits per heavy atom. The van der Waals surface area contributed by atoms with Crippen molar-refractivity contribution in [3.05, 3.63) is 107 Å². The number of amidine groups is 1. The summed E-state index contributed by atoms with van der Waals surface area (Å²) >= 11 is -2.79. The molecule has 1 aliphatic carbocycles. The quantitative estimate of drug-likeness (QED) is 0.275. The summed E-state index contributed by atoms with van der Waals surface area (Å²) in [4.78, 5) is 17.9. The zero-order valence-corrected chi connectivity index (χ0v) is 22.7. The first-order valence-corrected chi connectivity index (χ1v) is 14.2. The van der Waals surface area contributed by atoms with Crippen LogP contribution < -0.4 is 9.62 Å². The molecule has 0 saturated heterocycles. The predicted octanol–water partition coefficient (Wildman–Crippen LogP) is 6.43. The number of anilines is 2. The highest BCUT2D eigenvalue weighted by Gasteiger charge is 2.32. The van der Waals surface area contributed by atoms with Crippen molar-refractivity contribution in [3.8, 4) is 11.1 Å². The molecule has 2 unspecified atom stereocenters. The van der Waals surface area contributed by atoms with Crippen LogP contribution in [0.4, 0.5) is 11.5 Å². The number of para-hydroxylation sites is 1. The van der Waals surface area contributed by atoms with Gasteiger partial charge in [0, 0.05) is 28.9 Å².